The molecule has 0 aliphatic carbocycles. The molecule has 0 unspecified atom stereocenters. The van der Waals surface area contributed by atoms with Crippen molar-refractivity contribution in [3.05, 3.63) is 42.0 Å². The summed E-state index contributed by atoms with van der Waals surface area (Å²) < 4.78 is 33.2. The van der Waals surface area contributed by atoms with Gasteiger partial charge in [-0.25, -0.2) is 9.37 Å². The van der Waals surface area contributed by atoms with E-state index in [1.165, 1.54) is 6.07 Å². The Morgan fingerprint density at radius 2 is 2.16 bits per heavy atom. The van der Waals surface area contributed by atoms with Gasteiger partial charge in [-0.2, -0.15) is 4.39 Å². The largest absolute Gasteiger partial charge is 0.482 e. The number of ether oxygens (including phenoxy) is 1. The van der Waals surface area contributed by atoms with Gasteiger partial charge in [0, 0.05) is 11.3 Å². The Morgan fingerprint density at radius 1 is 1.37 bits per heavy atom. The van der Waals surface area contributed by atoms with Gasteiger partial charge in [0.1, 0.15) is 18.1 Å². The summed E-state index contributed by atoms with van der Waals surface area (Å²) in [6, 6.07) is 3.07. The Balaban J connectivity index is 2.14. The van der Waals surface area contributed by atoms with Crippen LogP contribution >= 0.6 is 0 Å². The van der Waals surface area contributed by atoms with Crippen molar-refractivity contribution < 1.29 is 13.5 Å². The lowest BCUT2D eigenvalue weighted by atomic mass is 10.1. The summed E-state index contributed by atoms with van der Waals surface area (Å²) in [5, 5.41) is 2.92. The molecule has 3 rings (SSSR count). The number of halogens is 2. The Bertz CT molecular complexity index is 679. The van der Waals surface area contributed by atoms with E-state index in [1.807, 2.05) is 0 Å². The van der Waals surface area contributed by atoms with Gasteiger partial charge in [-0.05, 0) is 19.1 Å². The van der Waals surface area contributed by atoms with E-state index in [2.05, 4.69) is 21.9 Å². The molecule has 0 atom stereocenters. The molecule has 0 radical (unpaired) electrons. The van der Waals surface area contributed by atoms with Crippen molar-refractivity contribution in [1.29, 1.82) is 0 Å². The van der Waals surface area contributed by atoms with Crippen molar-refractivity contribution in [3.8, 4) is 17.0 Å². The first-order chi connectivity index (χ1) is 9.06. The number of benzene rings is 1. The van der Waals surface area contributed by atoms with Crippen molar-refractivity contribution in [2.24, 2.45) is 0 Å². The van der Waals surface area contributed by atoms with Gasteiger partial charge in [-0.1, -0.05) is 6.58 Å². The van der Waals surface area contributed by atoms with Crippen LogP contribution in [-0.2, 0) is 0 Å². The number of fused-ring (bicyclic) bond motifs is 1. The summed E-state index contributed by atoms with van der Waals surface area (Å²) in [4.78, 5) is 6.35. The SMILES string of the molecule is C=C1COc2c(ccc(-c3nc(C)[nH]c3F)c2F)N1. The highest BCUT2D eigenvalue weighted by Gasteiger charge is 2.23. The molecule has 6 heteroatoms. The molecule has 1 aliphatic heterocycles. The Kier molecular flexibility index (Phi) is 2.51. The fraction of sp³-hybridized carbons (Fsp3) is 0.154. The first-order valence-corrected chi connectivity index (χ1v) is 5.69. The van der Waals surface area contributed by atoms with Crippen LogP contribution in [0.2, 0.25) is 0 Å². The number of hydrogen-bond acceptors (Lipinski definition) is 3. The second-order valence-corrected chi connectivity index (χ2v) is 4.31. The minimum absolute atomic E-state index is 0.0502. The Morgan fingerprint density at radius 3 is 2.84 bits per heavy atom. The molecule has 1 aliphatic rings. The zero-order valence-corrected chi connectivity index (χ0v) is 10.2. The van der Waals surface area contributed by atoms with Crippen LogP contribution in [0.5, 0.6) is 5.75 Å². The number of hydrogen-bond donors (Lipinski definition) is 2. The van der Waals surface area contributed by atoms with Crippen LogP contribution in [0.3, 0.4) is 0 Å². The minimum atomic E-state index is -0.662. The zero-order chi connectivity index (χ0) is 13.6. The highest BCUT2D eigenvalue weighted by molar-refractivity contribution is 5.72. The van der Waals surface area contributed by atoms with Crippen LogP contribution in [0, 0.1) is 18.7 Å². The second-order valence-electron chi connectivity index (χ2n) is 4.31. The molecule has 0 fully saturated rings. The molecule has 2 aromatic rings. The fourth-order valence-electron chi connectivity index (χ4n) is 2.01. The molecule has 0 saturated heterocycles. The maximum atomic E-state index is 14.3. The average Bonchev–Trinajstić information content (AvgIpc) is 2.68. The Labute approximate surface area is 108 Å². The lowest BCUT2D eigenvalue weighted by Gasteiger charge is -2.22. The van der Waals surface area contributed by atoms with E-state index in [0.717, 1.165) is 0 Å². The number of imidazole rings is 1. The van der Waals surface area contributed by atoms with Gasteiger partial charge in [0.25, 0.3) is 0 Å². The van der Waals surface area contributed by atoms with Crippen molar-refractivity contribution in [1.82, 2.24) is 9.97 Å². The topological polar surface area (TPSA) is 49.9 Å². The second kappa shape index (κ2) is 4.08. The summed E-state index contributed by atoms with van der Waals surface area (Å²) in [6.45, 7) is 5.48. The van der Waals surface area contributed by atoms with Crippen molar-refractivity contribution in [2.75, 3.05) is 11.9 Å². The standard InChI is InChI=1S/C13H11F2N3O/c1-6-5-19-12-9(16-6)4-3-8(10(12)14)11-13(15)18-7(2)17-11/h3-4,16H,1,5H2,2H3,(H,17,18). The number of nitrogens with one attached hydrogen (secondary N) is 2. The van der Waals surface area contributed by atoms with Crippen LogP contribution in [0.25, 0.3) is 11.3 Å². The van der Waals surface area contributed by atoms with E-state index in [0.29, 0.717) is 17.2 Å². The fourth-order valence-corrected chi connectivity index (χ4v) is 2.01. The molecule has 2 heterocycles. The number of nitrogens with zero attached hydrogens (tertiary/aromatic N) is 1. The first kappa shape index (κ1) is 11.7. The van der Waals surface area contributed by atoms with Gasteiger partial charge in [0.05, 0.1) is 5.69 Å². The predicted octanol–water partition coefficient (Wildman–Crippen LogP) is 2.98. The summed E-state index contributed by atoms with van der Waals surface area (Å²) >= 11 is 0. The smallest absolute Gasteiger partial charge is 0.219 e. The van der Waals surface area contributed by atoms with E-state index in [1.54, 1.807) is 13.0 Å². The Hall–Kier alpha value is -2.37. The van der Waals surface area contributed by atoms with Gasteiger partial charge in [-0.3, -0.25) is 0 Å². The monoisotopic (exact) mass is 263 g/mol. The molecule has 0 saturated carbocycles. The van der Waals surface area contributed by atoms with Crippen molar-refractivity contribution in [3.63, 3.8) is 0 Å². The average molecular weight is 263 g/mol. The van der Waals surface area contributed by atoms with Gasteiger partial charge in [0.15, 0.2) is 11.6 Å². The number of H-pyrrole nitrogens is 1. The molecular weight excluding hydrogens is 252 g/mol. The maximum absolute atomic E-state index is 14.3. The number of aromatic nitrogens is 2. The predicted molar refractivity (Wildman–Crippen MR) is 66.9 cm³/mol. The third-order valence-corrected chi connectivity index (χ3v) is 2.83. The van der Waals surface area contributed by atoms with E-state index in [4.69, 9.17) is 4.74 Å². The number of aryl methyl sites for hydroxylation is 1. The molecule has 1 aromatic carbocycles. The van der Waals surface area contributed by atoms with E-state index in [9.17, 15) is 8.78 Å². The molecule has 1 aromatic heterocycles. The van der Waals surface area contributed by atoms with Gasteiger partial charge < -0.3 is 15.0 Å². The molecule has 2 N–H and O–H groups in total. The molecule has 4 nitrogen and oxygen atoms in total. The summed E-state index contributed by atoms with van der Waals surface area (Å²) in [5.74, 6) is -0.852. The third kappa shape index (κ3) is 1.85. The van der Waals surface area contributed by atoms with Crippen LogP contribution in [0.4, 0.5) is 14.5 Å². The highest BCUT2D eigenvalue weighted by atomic mass is 19.1. The van der Waals surface area contributed by atoms with Crippen LogP contribution < -0.4 is 10.1 Å². The molecule has 0 bridgehead atoms. The van der Waals surface area contributed by atoms with Crippen molar-refractivity contribution >= 4 is 5.69 Å². The number of rotatable bonds is 1. The molecular formula is C13H11F2N3O. The van der Waals surface area contributed by atoms with Crippen LogP contribution in [-0.4, -0.2) is 16.6 Å². The minimum Gasteiger partial charge on any atom is -0.482 e. The van der Waals surface area contributed by atoms with Crippen LogP contribution in [0.1, 0.15) is 5.82 Å². The quantitative estimate of drug-likeness (QED) is 0.831. The van der Waals surface area contributed by atoms with Crippen LogP contribution in [0.15, 0.2) is 24.4 Å². The lowest BCUT2D eigenvalue weighted by molar-refractivity contribution is 0.327. The van der Waals surface area contributed by atoms with E-state index >= 15 is 0 Å². The summed E-state index contributed by atoms with van der Waals surface area (Å²) in [6.07, 6.45) is 0. The number of aromatic amines is 1. The summed E-state index contributed by atoms with van der Waals surface area (Å²) in [5.41, 5.74) is 1.13. The lowest BCUT2D eigenvalue weighted by Crippen LogP contribution is -2.16. The molecule has 0 spiro atoms. The molecule has 19 heavy (non-hydrogen) atoms. The van der Waals surface area contributed by atoms with Gasteiger partial charge in [-0.15, -0.1) is 0 Å². The third-order valence-electron chi connectivity index (χ3n) is 2.83. The maximum Gasteiger partial charge on any atom is 0.219 e. The van der Waals surface area contributed by atoms with Gasteiger partial charge in [0.2, 0.25) is 5.95 Å². The zero-order valence-electron chi connectivity index (χ0n) is 10.2. The highest BCUT2D eigenvalue weighted by Crippen LogP contribution is 2.38. The van der Waals surface area contributed by atoms with Crippen molar-refractivity contribution in [2.45, 2.75) is 6.92 Å². The van der Waals surface area contributed by atoms with E-state index in [-0.39, 0.29) is 23.6 Å². The van der Waals surface area contributed by atoms with Gasteiger partial charge >= 0.3 is 0 Å². The number of anilines is 1. The normalized spacial score (nSPS) is 13.7. The van der Waals surface area contributed by atoms with E-state index < -0.39 is 11.8 Å². The summed E-state index contributed by atoms with van der Waals surface area (Å²) in [7, 11) is 0. The first-order valence-electron chi connectivity index (χ1n) is 5.69. The molecule has 0 amide bonds. The molecule has 98 valence electrons.